The number of rotatable bonds is 4. The quantitative estimate of drug-likeness (QED) is 0.870. The van der Waals surface area contributed by atoms with Gasteiger partial charge in [0.15, 0.2) is 9.84 Å². The van der Waals surface area contributed by atoms with Gasteiger partial charge in [-0.25, -0.2) is 13.4 Å². The molecule has 0 bridgehead atoms. The Bertz CT molecular complexity index is 657. The monoisotopic (exact) mass is 311 g/mol. The lowest BCUT2D eigenvalue weighted by molar-refractivity contribution is 0.0915. The van der Waals surface area contributed by atoms with Crippen molar-refractivity contribution in [1.29, 1.82) is 0 Å². The molecule has 21 heavy (non-hydrogen) atoms. The van der Waals surface area contributed by atoms with Crippen LogP contribution in [0.3, 0.4) is 0 Å². The molecule has 1 saturated heterocycles. The van der Waals surface area contributed by atoms with E-state index in [0.717, 1.165) is 5.69 Å². The number of hydrogen-bond donors (Lipinski definition) is 2. The Hall–Kier alpha value is -1.63. The van der Waals surface area contributed by atoms with Gasteiger partial charge in [0, 0.05) is 17.8 Å². The highest BCUT2D eigenvalue weighted by molar-refractivity contribution is 7.91. The van der Waals surface area contributed by atoms with E-state index in [1.54, 1.807) is 19.1 Å². The first-order chi connectivity index (χ1) is 9.73. The molecule has 0 radical (unpaired) electrons. The van der Waals surface area contributed by atoms with E-state index in [4.69, 9.17) is 0 Å². The Morgan fingerprint density at radius 1 is 1.43 bits per heavy atom. The molecule has 1 aliphatic heterocycles. The highest BCUT2D eigenvalue weighted by atomic mass is 32.2. The molecule has 0 aliphatic carbocycles. The molecule has 2 N–H and O–H groups in total. The third kappa shape index (κ3) is 3.93. The Morgan fingerprint density at radius 3 is 2.71 bits per heavy atom. The maximum Gasteiger partial charge on any atom is 0.251 e. The van der Waals surface area contributed by atoms with Crippen LogP contribution in [0.4, 0.5) is 5.82 Å². The minimum Gasteiger partial charge on any atom is -0.370 e. The summed E-state index contributed by atoms with van der Waals surface area (Å²) in [5, 5.41) is 5.92. The second-order valence-corrected chi connectivity index (χ2v) is 7.95. The van der Waals surface area contributed by atoms with E-state index in [1.807, 2.05) is 13.8 Å². The van der Waals surface area contributed by atoms with Crippen molar-refractivity contribution in [2.45, 2.75) is 32.7 Å². The zero-order chi connectivity index (χ0) is 15.7. The average Bonchev–Trinajstić information content (AvgIpc) is 2.63. The summed E-state index contributed by atoms with van der Waals surface area (Å²) in [6.07, 6.45) is 0.450. The topological polar surface area (TPSA) is 88.2 Å². The van der Waals surface area contributed by atoms with Gasteiger partial charge in [0.1, 0.15) is 5.82 Å². The first-order valence-corrected chi connectivity index (χ1v) is 8.81. The lowest BCUT2D eigenvalue weighted by atomic mass is 10.0. The summed E-state index contributed by atoms with van der Waals surface area (Å²) in [6, 6.07) is 3.38. The van der Waals surface area contributed by atoms with Crippen LogP contribution < -0.4 is 10.6 Å². The molecular formula is C14H21N3O3S. The molecule has 1 amide bonds. The number of nitrogens with zero attached hydrogens (tertiary/aromatic N) is 1. The number of hydrogen-bond acceptors (Lipinski definition) is 5. The standard InChI is InChI=1S/C14H21N3O3S/c1-4-15-12-8-11(7-10(2)16-12)13(18)17-14(3)5-6-21(19,20)9-14/h7-8H,4-6,9H2,1-3H3,(H,15,16)(H,17,18). The lowest BCUT2D eigenvalue weighted by Gasteiger charge is -2.24. The molecule has 6 nitrogen and oxygen atoms in total. The Balaban J connectivity index is 2.17. The van der Waals surface area contributed by atoms with E-state index in [-0.39, 0.29) is 17.4 Å². The number of carbonyl (C=O) groups excluding carboxylic acids is 1. The van der Waals surface area contributed by atoms with Crippen LogP contribution in [0.1, 0.15) is 36.3 Å². The van der Waals surface area contributed by atoms with Crippen LogP contribution in [0.15, 0.2) is 12.1 Å². The molecule has 7 heteroatoms. The minimum absolute atomic E-state index is 0.00409. The Labute approximate surface area is 125 Å². The average molecular weight is 311 g/mol. The van der Waals surface area contributed by atoms with E-state index in [9.17, 15) is 13.2 Å². The molecule has 116 valence electrons. The number of amides is 1. The Morgan fingerprint density at radius 2 is 2.14 bits per heavy atom. The highest BCUT2D eigenvalue weighted by Crippen LogP contribution is 2.23. The molecule has 1 aliphatic rings. The summed E-state index contributed by atoms with van der Waals surface area (Å²) in [6.45, 7) is 6.26. The predicted octanol–water partition coefficient (Wildman–Crippen LogP) is 1.13. The normalized spacial score (nSPS) is 23.8. The maximum absolute atomic E-state index is 12.4. The fourth-order valence-corrected chi connectivity index (χ4v) is 4.62. The molecule has 2 heterocycles. The minimum atomic E-state index is -3.05. The summed E-state index contributed by atoms with van der Waals surface area (Å²) >= 11 is 0. The van der Waals surface area contributed by atoms with Crippen LogP contribution in [0.5, 0.6) is 0 Å². The van der Waals surface area contributed by atoms with Gasteiger partial charge in [0.25, 0.3) is 5.91 Å². The molecule has 0 saturated carbocycles. The molecule has 1 aromatic heterocycles. The van der Waals surface area contributed by atoms with Crippen LogP contribution in [0, 0.1) is 6.92 Å². The summed E-state index contributed by atoms with van der Waals surface area (Å²) in [7, 11) is -3.05. The first kappa shape index (κ1) is 15.8. The fraction of sp³-hybridized carbons (Fsp3) is 0.571. The number of carbonyl (C=O) groups is 1. The smallest absolute Gasteiger partial charge is 0.251 e. The summed E-state index contributed by atoms with van der Waals surface area (Å²) in [5.74, 6) is 0.503. The van der Waals surface area contributed by atoms with Crippen molar-refractivity contribution in [3.63, 3.8) is 0 Å². The number of aromatic nitrogens is 1. The number of aryl methyl sites for hydroxylation is 1. The Kier molecular flexibility index (Phi) is 4.22. The van der Waals surface area contributed by atoms with Gasteiger partial charge in [-0.1, -0.05) is 0 Å². The number of pyridine rings is 1. The van der Waals surface area contributed by atoms with Gasteiger partial charge < -0.3 is 10.6 Å². The molecule has 0 spiro atoms. The zero-order valence-corrected chi connectivity index (χ0v) is 13.4. The van der Waals surface area contributed by atoms with Gasteiger partial charge in [-0.15, -0.1) is 0 Å². The van der Waals surface area contributed by atoms with E-state index in [2.05, 4.69) is 15.6 Å². The van der Waals surface area contributed by atoms with Crippen molar-refractivity contribution in [1.82, 2.24) is 10.3 Å². The second kappa shape index (κ2) is 5.63. The third-order valence-corrected chi connectivity index (χ3v) is 5.40. The largest absolute Gasteiger partial charge is 0.370 e. The van der Waals surface area contributed by atoms with Crippen LogP contribution >= 0.6 is 0 Å². The van der Waals surface area contributed by atoms with Crippen molar-refractivity contribution < 1.29 is 13.2 Å². The fourth-order valence-electron chi connectivity index (χ4n) is 2.53. The number of nitrogens with one attached hydrogen (secondary N) is 2. The van der Waals surface area contributed by atoms with Crippen molar-refractivity contribution in [2.75, 3.05) is 23.4 Å². The summed E-state index contributed by atoms with van der Waals surface area (Å²) in [4.78, 5) is 16.7. The van der Waals surface area contributed by atoms with Crippen molar-refractivity contribution in [2.24, 2.45) is 0 Å². The maximum atomic E-state index is 12.4. The first-order valence-electron chi connectivity index (χ1n) is 6.98. The number of anilines is 1. The lowest BCUT2D eigenvalue weighted by Crippen LogP contribution is -2.47. The summed E-state index contributed by atoms with van der Waals surface area (Å²) in [5.41, 5.74) is 0.539. The van der Waals surface area contributed by atoms with E-state index in [0.29, 0.717) is 24.3 Å². The van der Waals surface area contributed by atoms with E-state index >= 15 is 0 Å². The third-order valence-electron chi connectivity index (χ3n) is 3.49. The van der Waals surface area contributed by atoms with Gasteiger partial charge in [-0.05, 0) is 39.3 Å². The van der Waals surface area contributed by atoms with Gasteiger partial charge in [-0.3, -0.25) is 4.79 Å². The van der Waals surface area contributed by atoms with Gasteiger partial charge >= 0.3 is 0 Å². The van der Waals surface area contributed by atoms with Gasteiger partial charge in [0.2, 0.25) is 0 Å². The molecule has 1 unspecified atom stereocenters. The van der Waals surface area contributed by atoms with E-state index in [1.165, 1.54) is 0 Å². The molecule has 1 atom stereocenters. The highest BCUT2D eigenvalue weighted by Gasteiger charge is 2.39. The SMILES string of the molecule is CCNc1cc(C(=O)NC2(C)CCS(=O)(=O)C2)cc(C)n1. The molecule has 2 rings (SSSR count). The summed E-state index contributed by atoms with van der Waals surface area (Å²) < 4.78 is 23.2. The van der Waals surface area contributed by atoms with Crippen LogP contribution in [0.2, 0.25) is 0 Å². The van der Waals surface area contributed by atoms with Crippen molar-refractivity contribution in [3.8, 4) is 0 Å². The van der Waals surface area contributed by atoms with Gasteiger partial charge in [0.05, 0.1) is 17.0 Å². The van der Waals surface area contributed by atoms with Crippen LogP contribution in [0.25, 0.3) is 0 Å². The number of sulfone groups is 1. The zero-order valence-electron chi connectivity index (χ0n) is 12.6. The van der Waals surface area contributed by atoms with Crippen LogP contribution in [-0.2, 0) is 9.84 Å². The molecule has 0 aromatic carbocycles. The molecule has 1 aromatic rings. The van der Waals surface area contributed by atoms with E-state index < -0.39 is 15.4 Å². The van der Waals surface area contributed by atoms with Gasteiger partial charge in [-0.2, -0.15) is 0 Å². The predicted molar refractivity (Wildman–Crippen MR) is 82.3 cm³/mol. The van der Waals surface area contributed by atoms with Crippen molar-refractivity contribution in [3.05, 3.63) is 23.4 Å². The molecular weight excluding hydrogens is 290 g/mol. The molecule has 1 fully saturated rings. The second-order valence-electron chi connectivity index (χ2n) is 5.77. The van der Waals surface area contributed by atoms with Crippen molar-refractivity contribution >= 4 is 21.6 Å². The van der Waals surface area contributed by atoms with Crippen LogP contribution in [-0.4, -0.2) is 42.9 Å².